The van der Waals surface area contributed by atoms with Gasteiger partial charge in [0.2, 0.25) is 0 Å². The van der Waals surface area contributed by atoms with Crippen LogP contribution in [0.25, 0.3) is 0 Å². The zero-order valence-electron chi connectivity index (χ0n) is 12.2. The Labute approximate surface area is 111 Å². The average molecular weight is 256 g/mol. The molecule has 0 aliphatic heterocycles. The number of amides is 1. The van der Waals surface area contributed by atoms with Crippen molar-refractivity contribution >= 4 is 6.09 Å². The lowest BCUT2D eigenvalue weighted by Gasteiger charge is -2.31. The molecule has 0 spiro atoms. The van der Waals surface area contributed by atoms with Crippen LogP contribution in [0.15, 0.2) is 0 Å². The molecule has 1 fully saturated rings. The highest BCUT2D eigenvalue weighted by Gasteiger charge is 2.27. The molecule has 4 heteroatoms. The minimum absolute atomic E-state index is 0.1000. The van der Waals surface area contributed by atoms with Gasteiger partial charge in [0.15, 0.2) is 0 Å². The predicted octanol–water partition coefficient (Wildman–Crippen LogP) is 2.76. The van der Waals surface area contributed by atoms with Gasteiger partial charge in [-0.2, -0.15) is 0 Å². The summed E-state index contributed by atoms with van der Waals surface area (Å²) in [5, 5.41) is 0. The van der Waals surface area contributed by atoms with Crippen LogP contribution in [0.2, 0.25) is 0 Å². The van der Waals surface area contributed by atoms with E-state index < -0.39 is 5.60 Å². The van der Waals surface area contributed by atoms with Gasteiger partial charge in [-0.1, -0.05) is 25.7 Å². The van der Waals surface area contributed by atoms with Crippen LogP contribution in [0.3, 0.4) is 0 Å². The molecule has 1 unspecified atom stereocenters. The summed E-state index contributed by atoms with van der Waals surface area (Å²) in [5.41, 5.74) is 5.36. The summed E-state index contributed by atoms with van der Waals surface area (Å²) in [4.78, 5) is 13.7. The normalized spacial score (nSPS) is 18.7. The summed E-state index contributed by atoms with van der Waals surface area (Å²) in [6.07, 6.45) is 5.93. The smallest absolute Gasteiger partial charge is 0.410 e. The molecule has 0 aromatic carbocycles. The van der Waals surface area contributed by atoms with Gasteiger partial charge in [-0.05, 0) is 33.1 Å². The minimum atomic E-state index is -0.447. The molecule has 0 bridgehead atoms. The van der Waals surface area contributed by atoms with E-state index in [0.29, 0.717) is 6.54 Å². The fourth-order valence-electron chi connectivity index (χ4n) is 2.53. The Bertz CT molecular complexity index is 267. The van der Waals surface area contributed by atoms with Crippen LogP contribution < -0.4 is 5.73 Å². The van der Waals surface area contributed by atoms with E-state index in [4.69, 9.17) is 10.5 Å². The molecule has 0 aromatic rings. The minimum Gasteiger partial charge on any atom is -0.444 e. The molecule has 1 aliphatic carbocycles. The van der Waals surface area contributed by atoms with Crippen LogP contribution in [0, 0.1) is 5.92 Å². The fourth-order valence-corrected chi connectivity index (χ4v) is 2.53. The molecule has 4 nitrogen and oxygen atoms in total. The molecule has 1 rings (SSSR count). The van der Waals surface area contributed by atoms with E-state index in [1.807, 2.05) is 20.8 Å². The SMILES string of the molecule is CN(C(=O)OC(C)(C)C)C(CN)CC1CCCC1. The van der Waals surface area contributed by atoms with Gasteiger partial charge in [0.25, 0.3) is 0 Å². The Balaban J connectivity index is 2.49. The first kappa shape index (κ1) is 15.3. The number of rotatable bonds is 4. The van der Waals surface area contributed by atoms with E-state index in [1.54, 1.807) is 11.9 Å². The summed E-state index contributed by atoms with van der Waals surface area (Å²) in [6.45, 7) is 6.15. The highest BCUT2D eigenvalue weighted by molar-refractivity contribution is 5.68. The van der Waals surface area contributed by atoms with Crippen molar-refractivity contribution < 1.29 is 9.53 Å². The maximum Gasteiger partial charge on any atom is 0.410 e. The van der Waals surface area contributed by atoms with Crippen molar-refractivity contribution in [3.63, 3.8) is 0 Å². The average Bonchev–Trinajstić information content (AvgIpc) is 2.75. The third kappa shape index (κ3) is 4.84. The largest absolute Gasteiger partial charge is 0.444 e. The summed E-state index contributed by atoms with van der Waals surface area (Å²) < 4.78 is 5.38. The topological polar surface area (TPSA) is 55.6 Å². The van der Waals surface area contributed by atoms with Gasteiger partial charge < -0.3 is 15.4 Å². The Morgan fingerprint density at radius 2 is 1.94 bits per heavy atom. The van der Waals surface area contributed by atoms with Crippen LogP contribution in [-0.4, -0.2) is 36.2 Å². The van der Waals surface area contributed by atoms with Crippen molar-refractivity contribution in [1.82, 2.24) is 4.90 Å². The van der Waals surface area contributed by atoms with Crippen molar-refractivity contribution in [2.45, 2.75) is 64.5 Å². The molecular weight excluding hydrogens is 228 g/mol. The first-order valence-electron chi connectivity index (χ1n) is 6.99. The molecule has 0 aromatic heterocycles. The van der Waals surface area contributed by atoms with Crippen LogP contribution >= 0.6 is 0 Å². The van der Waals surface area contributed by atoms with E-state index in [9.17, 15) is 4.79 Å². The number of nitrogens with zero attached hydrogens (tertiary/aromatic N) is 1. The molecule has 0 radical (unpaired) electrons. The molecule has 0 heterocycles. The van der Waals surface area contributed by atoms with E-state index in [2.05, 4.69) is 0 Å². The monoisotopic (exact) mass is 256 g/mol. The third-order valence-electron chi connectivity index (χ3n) is 3.58. The van der Waals surface area contributed by atoms with Gasteiger partial charge in [-0.25, -0.2) is 4.79 Å². The molecule has 1 amide bonds. The van der Waals surface area contributed by atoms with Crippen LogP contribution in [0.4, 0.5) is 4.79 Å². The second kappa shape index (κ2) is 6.41. The van der Waals surface area contributed by atoms with E-state index in [1.165, 1.54) is 25.7 Å². The third-order valence-corrected chi connectivity index (χ3v) is 3.58. The van der Waals surface area contributed by atoms with Gasteiger partial charge in [0.05, 0.1) is 0 Å². The van der Waals surface area contributed by atoms with Crippen molar-refractivity contribution in [2.75, 3.05) is 13.6 Å². The van der Waals surface area contributed by atoms with Gasteiger partial charge >= 0.3 is 6.09 Å². The lowest BCUT2D eigenvalue weighted by atomic mass is 9.98. The molecule has 1 saturated carbocycles. The Hall–Kier alpha value is -0.770. The maximum absolute atomic E-state index is 12.0. The van der Waals surface area contributed by atoms with Crippen LogP contribution in [-0.2, 0) is 4.74 Å². The molecule has 106 valence electrons. The number of carbonyl (C=O) groups excluding carboxylic acids is 1. The summed E-state index contributed by atoms with van der Waals surface area (Å²) >= 11 is 0. The van der Waals surface area contributed by atoms with Gasteiger partial charge in [0.1, 0.15) is 5.60 Å². The highest BCUT2D eigenvalue weighted by atomic mass is 16.6. The van der Waals surface area contributed by atoms with Crippen LogP contribution in [0.1, 0.15) is 52.9 Å². The Morgan fingerprint density at radius 3 is 2.39 bits per heavy atom. The number of ether oxygens (including phenoxy) is 1. The van der Waals surface area contributed by atoms with Crippen molar-refractivity contribution in [2.24, 2.45) is 11.7 Å². The van der Waals surface area contributed by atoms with Crippen LogP contribution in [0.5, 0.6) is 0 Å². The zero-order valence-corrected chi connectivity index (χ0v) is 12.2. The summed E-state index contributed by atoms with van der Waals surface area (Å²) in [6, 6.07) is 0.1000. The van der Waals surface area contributed by atoms with E-state index in [-0.39, 0.29) is 12.1 Å². The van der Waals surface area contributed by atoms with E-state index in [0.717, 1.165) is 12.3 Å². The molecular formula is C14H28N2O2. The van der Waals surface area contributed by atoms with Crippen molar-refractivity contribution in [3.8, 4) is 0 Å². The molecule has 0 saturated heterocycles. The van der Waals surface area contributed by atoms with Crippen molar-refractivity contribution in [3.05, 3.63) is 0 Å². The lowest BCUT2D eigenvalue weighted by molar-refractivity contribution is 0.0208. The Kier molecular flexibility index (Phi) is 5.45. The quantitative estimate of drug-likeness (QED) is 0.841. The van der Waals surface area contributed by atoms with Gasteiger partial charge in [-0.3, -0.25) is 0 Å². The molecule has 18 heavy (non-hydrogen) atoms. The Morgan fingerprint density at radius 1 is 1.39 bits per heavy atom. The van der Waals surface area contributed by atoms with Crippen molar-refractivity contribution in [1.29, 1.82) is 0 Å². The maximum atomic E-state index is 12.0. The second-order valence-corrected chi connectivity index (χ2v) is 6.37. The number of nitrogens with two attached hydrogens (primary N) is 1. The highest BCUT2D eigenvalue weighted by Crippen LogP contribution is 2.29. The molecule has 1 atom stereocenters. The first-order chi connectivity index (χ1) is 8.33. The first-order valence-corrected chi connectivity index (χ1v) is 6.99. The predicted molar refractivity (Wildman–Crippen MR) is 73.4 cm³/mol. The van der Waals surface area contributed by atoms with Gasteiger partial charge in [-0.15, -0.1) is 0 Å². The van der Waals surface area contributed by atoms with E-state index >= 15 is 0 Å². The van der Waals surface area contributed by atoms with Gasteiger partial charge in [0, 0.05) is 19.6 Å². The second-order valence-electron chi connectivity index (χ2n) is 6.37. The zero-order chi connectivity index (χ0) is 13.8. The molecule has 2 N–H and O–H groups in total. The number of carbonyl (C=O) groups is 1. The lowest BCUT2D eigenvalue weighted by Crippen LogP contribution is -2.45. The summed E-state index contributed by atoms with van der Waals surface area (Å²) in [7, 11) is 1.79. The number of hydrogen-bond donors (Lipinski definition) is 1. The standard InChI is InChI=1S/C14H28N2O2/c1-14(2,3)18-13(17)16(4)12(10-15)9-11-7-5-6-8-11/h11-12H,5-10,15H2,1-4H3. The fraction of sp³-hybridized carbons (Fsp3) is 0.929. The summed E-state index contributed by atoms with van der Waals surface area (Å²) in [5.74, 6) is 0.725. The molecule has 1 aliphatic rings. The number of likely N-dealkylation sites (N-methyl/N-ethyl adjacent to an activating group) is 1. The number of hydrogen-bond acceptors (Lipinski definition) is 3.